The lowest BCUT2D eigenvalue weighted by atomic mass is 10.1. The van der Waals surface area contributed by atoms with E-state index in [0.717, 1.165) is 5.56 Å². The molecular weight excluding hydrogens is 422 g/mol. The average molecular weight is 450 g/mol. The Morgan fingerprint density at radius 3 is 2.55 bits per heavy atom. The third-order valence-electron chi connectivity index (χ3n) is 4.78. The molecule has 0 heterocycles. The van der Waals surface area contributed by atoms with E-state index in [0.29, 0.717) is 35.5 Å². The van der Waals surface area contributed by atoms with Crippen molar-refractivity contribution in [1.82, 2.24) is 5.32 Å². The zero-order valence-electron chi connectivity index (χ0n) is 18.8. The lowest BCUT2D eigenvalue weighted by molar-refractivity contribution is 0.0950. The number of carbonyl (C=O) groups is 2. The van der Waals surface area contributed by atoms with Crippen LogP contribution >= 0.6 is 0 Å². The number of para-hydroxylation sites is 1. The van der Waals surface area contributed by atoms with Crippen LogP contribution in [0.1, 0.15) is 37.8 Å². The van der Waals surface area contributed by atoms with Crippen molar-refractivity contribution < 1.29 is 19.1 Å². The second kappa shape index (κ2) is 12.6. The van der Waals surface area contributed by atoms with Crippen LogP contribution in [0.3, 0.4) is 0 Å². The van der Waals surface area contributed by atoms with Crippen molar-refractivity contribution in [3.05, 3.63) is 53.6 Å². The van der Waals surface area contributed by atoms with Crippen LogP contribution in [0.4, 0.5) is 21.0 Å². The molecule has 0 fully saturated rings. The number of alkyl carbamates (subject to hydrolysis) is 1. The van der Waals surface area contributed by atoms with E-state index in [1.165, 1.54) is 7.11 Å². The van der Waals surface area contributed by atoms with Gasteiger partial charge in [0.25, 0.3) is 0 Å². The highest BCUT2D eigenvalue weighted by Crippen LogP contribution is 2.23. The van der Waals surface area contributed by atoms with Crippen LogP contribution < -0.4 is 20.7 Å². The first-order valence-electron chi connectivity index (χ1n) is 10.5. The summed E-state index contributed by atoms with van der Waals surface area (Å²) in [6.07, 6.45) is 0.127. The van der Waals surface area contributed by atoms with Gasteiger partial charge in [0, 0.05) is 23.5 Å². The number of nitriles is 2. The van der Waals surface area contributed by atoms with Gasteiger partial charge in [-0.15, -0.1) is 0 Å². The smallest absolute Gasteiger partial charge is 0.407 e. The third-order valence-corrected chi connectivity index (χ3v) is 4.78. The highest BCUT2D eigenvalue weighted by Gasteiger charge is 2.16. The van der Waals surface area contributed by atoms with Gasteiger partial charge in [-0.1, -0.05) is 25.1 Å². The maximum absolute atomic E-state index is 12.5. The number of carbonyl (C=O) groups excluding carboxylic acids is 2. The molecule has 0 aromatic heterocycles. The van der Waals surface area contributed by atoms with Gasteiger partial charge in [0.2, 0.25) is 0 Å². The second-order valence-corrected chi connectivity index (χ2v) is 7.31. The molecule has 0 saturated carbocycles. The highest BCUT2D eigenvalue weighted by molar-refractivity contribution is 6.00. The Morgan fingerprint density at radius 2 is 1.88 bits per heavy atom. The van der Waals surface area contributed by atoms with Crippen LogP contribution in [0.15, 0.2) is 42.5 Å². The van der Waals surface area contributed by atoms with Gasteiger partial charge < -0.3 is 25.4 Å². The minimum atomic E-state index is -0.581. The predicted octanol–water partition coefficient (Wildman–Crippen LogP) is 4.56. The van der Waals surface area contributed by atoms with Crippen LogP contribution in [-0.4, -0.2) is 31.4 Å². The van der Waals surface area contributed by atoms with E-state index in [9.17, 15) is 9.59 Å². The number of rotatable bonds is 9. The molecule has 2 aromatic rings. The SMILES string of the molecule is CCC(CC#N)OC(=O)N[C@H](C)Cc1ccccc1NC(=O)Nc1ccc(C#N)c(OC)c1. The quantitative estimate of drug-likeness (QED) is 0.513. The van der Waals surface area contributed by atoms with E-state index in [4.69, 9.17) is 20.0 Å². The lowest BCUT2D eigenvalue weighted by Crippen LogP contribution is -2.36. The zero-order valence-corrected chi connectivity index (χ0v) is 18.8. The maximum atomic E-state index is 12.5. The molecular formula is C24H27N5O4. The number of urea groups is 1. The number of nitrogens with zero attached hydrogens (tertiary/aromatic N) is 2. The van der Waals surface area contributed by atoms with Crippen LogP contribution in [0.25, 0.3) is 0 Å². The summed E-state index contributed by atoms with van der Waals surface area (Å²) in [7, 11) is 1.45. The topological polar surface area (TPSA) is 136 Å². The number of hydrogen-bond donors (Lipinski definition) is 3. The Morgan fingerprint density at radius 1 is 1.12 bits per heavy atom. The van der Waals surface area contributed by atoms with Gasteiger partial charge in [-0.2, -0.15) is 10.5 Å². The molecule has 2 rings (SSSR count). The summed E-state index contributed by atoms with van der Waals surface area (Å²) >= 11 is 0. The Hall–Kier alpha value is -4.24. The standard InChI is InChI=1S/C24H27N5O4/c1-4-20(11-12-25)33-24(31)27-16(2)13-17-7-5-6-8-21(17)29-23(30)28-19-10-9-18(15-26)22(14-19)32-3/h5-10,14,16,20H,4,11,13H2,1-3H3,(H,27,31)(H2,28,29,30)/t16-,20?/m1/s1. The fourth-order valence-electron chi connectivity index (χ4n) is 3.10. The monoisotopic (exact) mass is 449 g/mol. The van der Waals surface area contributed by atoms with E-state index >= 15 is 0 Å². The Bertz CT molecular complexity index is 1060. The highest BCUT2D eigenvalue weighted by atomic mass is 16.6. The van der Waals surface area contributed by atoms with Crippen molar-refractivity contribution in [1.29, 1.82) is 10.5 Å². The van der Waals surface area contributed by atoms with E-state index in [-0.39, 0.29) is 12.5 Å². The molecule has 0 bridgehead atoms. The summed E-state index contributed by atoms with van der Waals surface area (Å²) in [4.78, 5) is 24.6. The van der Waals surface area contributed by atoms with Gasteiger partial charge in [-0.05, 0) is 43.5 Å². The molecule has 2 aromatic carbocycles. The number of hydrogen-bond acceptors (Lipinski definition) is 6. The summed E-state index contributed by atoms with van der Waals surface area (Å²) in [5.74, 6) is 0.363. The van der Waals surface area contributed by atoms with Gasteiger partial charge in [0.15, 0.2) is 0 Å². The zero-order chi connectivity index (χ0) is 24.2. The molecule has 0 saturated heterocycles. The Labute approximate surface area is 193 Å². The molecule has 0 aliphatic rings. The first-order valence-corrected chi connectivity index (χ1v) is 10.5. The predicted molar refractivity (Wildman–Crippen MR) is 124 cm³/mol. The number of nitrogens with one attached hydrogen (secondary N) is 3. The van der Waals surface area contributed by atoms with Gasteiger partial charge in [0.05, 0.1) is 25.2 Å². The van der Waals surface area contributed by atoms with Crippen LogP contribution in [0.2, 0.25) is 0 Å². The number of amides is 3. The number of methoxy groups -OCH3 is 1. The van der Waals surface area contributed by atoms with E-state index in [2.05, 4.69) is 16.0 Å². The normalized spacial score (nSPS) is 11.8. The first kappa shape index (κ1) is 25.0. The van der Waals surface area contributed by atoms with E-state index in [1.807, 2.05) is 38.1 Å². The van der Waals surface area contributed by atoms with Crippen molar-refractivity contribution in [2.75, 3.05) is 17.7 Å². The molecule has 2 atom stereocenters. The maximum Gasteiger partial charge on any atom is 0.407 e. The van der Waals surface area contributed by atoms with Crippen molar-refractivity contribution in [2.24, 2.45) is 0 Å². The van der Waals surface area contributed by atoms with Gasteiger partial charge in [-0.25, -0.2) is 9.59 Å². The van der Waals surface area contributed by atoms with Crippen LogP contribution in [0.5, 0.6) is 5.75 Å². The Balaban J connectivity index is 1.99. The molecule has 0 spiro atoms. The molecule has 9 heteroatoms. The minimum absolute atomic E-state index is 0.144. The number of anilines is 2. The van der Waals surface area contributed by atoms with Gasteiger partial charge in [-0.3, -0.25) is 0 Å². The van der Waals surface area contributed by atoms with Crippen LogP contribution in [0, 0.1) is 22.7 Å². The molecule has 3 N–H and O–H groups in total. The first-order chi connectivity index (χ1) is 15.9. The summed E-state index contributed by atoms with van der Waals surface area (Å²) in [5.41, 5.74) is 2.25. The van der Waals surface area contributed by atoms with Crippen LogP contribution in [-0.2, 0) is 11.2 Å². The van der Waals surface area contributed by atoms with Gasteiger partial charge >= 0.3 is 12.1 Å². The molecule has 1 unspecified atom stereocenters. The molecule has 9 nitrogen and oxygen atoms in total. The summed E-state index contributed by atoms with van der Waals surface area (Å²) in [6, 6.07) is 15.3. The van der Waals surface area contributed by atoms with Crippen molar-refractivity contribution >= 4 is 23.5 Å². The number of ether oxygens (including phenoxy) is 2. The van der Waals surface area contributed by atoms with Crippen molar-refractivity contribution in [3.63, 3.8) is 0 Å². The molecule has 172 valence electrons. The Kier molecular flexibility index (Phi) is 9.54. The summed E-state index contributed by atoms with van der Waals surface area (Å²) in [6.45, 7) is 3.67. The third kappa shape index (κ3) is 7.75. The lowest BCUT2D eigenvalue weighted by Gasteiger charge is -2.19. The second-order valence-electron chi connectivity index (χ2n) is 7.31. The van der Waals surface area contributed by atoms with Crippen molar-refractivity contribution in [3.8, 4) is 17.9 Å². The van der Waals surface area contributed by atoms with Crippen molar-refractivity contribution in [2.45, 2.75) is 45.3 Å². The average Bonchev–Trinajstić information content (AvgIpc) is 2.79. The largest absolute Gasteiger partial charge is 0.495 e. The molecule has 0 aliphatic carbocycles. The minimum Gasteiger partial charge on any atom is -0.495 e. The fraction of sp³-hybridized carbons (Fsp3) is 0.333. The molecule has 0 radical (unpaired) electrons. The fourth-order valence-corrected chi connectivity index (χ4v) is 3.10. The summed E-state index contributed by atoms with van der Waals surface area (Å²) < 4.78 is 10.4. The molecule has 0 aliphatic heterocycles. The number of benzene rings is 2. The molecule has 33 heavy (non-hydrogen) atoms. The molecule has 3 amide bonds. The van der Waals surface area contributed by atoms with E-state index in [1.54, 1.807) is 30.3 Å². The van der Waals surface area contributed by atoms with E-state index < -0.39 is 18.2 Å². The van der Waals surface area contributed by atoms with Gasteiger partial charge in [0.1, 0.15) is 17.9 Å². The summed E-state index contributed by atoms with van der Waals surface area (Å²) in [5, 5.41) is 26.1.